The molecule has 0 atom stereocenters. The molecule has 140 valence electrons. The third-order valence-corrected chi connectivity index (χ3v) is 6.05. The summed E-state index contributed by atoms with van der Waals surface area (Å²) in [5, 5.41) is 0. The number of aryl methyl sites for hydroxylation is 1. The van der Waals surface area contributed by atoms with Crippen molar-refractivity contribution < 1.29 is 17.9 Å². The lowest BCUT2D eigenvalue weighted by molar-refractivity contribution is 0.201. The first-order chi connectivity index (χ1) is 12.5. The molecule has 0 spiro atoms. The van der Waals surface area contributed by atoms with Crippen molar-refractivity contribution in [2.24, 2.45) is 0 Å². The Morgan fingerprint density at radius 2 is 1.73 bits per heavy atom. The van der Waals surface area contributed by atoms with Gasteiger partial charge < -0.3 is 9.47 Å². The van der Waals surface area contributed by atoms with Gasteiger partial charge in [-0.05, 0) is 61.9 Å². The standard InChI is InChI=1S/C20H25NO4S/c1-3-15-8-11-18(12-9-15)26(22,23)21-16-10-13-19(24-2)20(14-16)25-17-6-4-5-7-17/h8-14,17,21H,3-7H2,1-2H3. The molecule has 0 amide bonds. The molecule has 2 aromatic carbocycles. The quantitative estimate of drug-likeness (QED) is 0.780. The molecule has 5 nitrogen and oxygen atoms in total. The fourth-order valence-electron chi connectivity index (χ4n) is 3.14. The molecule has 0 radical (unpaired) electrons. The van der Waals surface area contributed by atoms with E-state index in [1.54, 1.807) is 37.4 Å². The van der Waals surface area contributed by atoms with E-state index in [0.717, 1.165) is 37.7 Å². The van der Waals surface area contributed by atoms with Gasteiger partial charge in [0.2, 0.25) is 0 Å². The number of hydrogen-bond acceptors (Lipinski definition) is 4. The molecule has 26 heavy (non-hydrogen) atoms. The topological polar surface area (TPSA) is 64.6 Å². The fourth-order valence-corrected chi connectivity index (χ4v) is 4.19. The smallest absolute Gasteiger partial charge is 0.261 e. The van der Waals surface area contributed by atoms with E-state index >= 15 is 0 Å². The van der Waals surface area contributed by atoms with E-state index in [1.165, 1.54) is 0 Å². The molecule has 1 saturated carbocycles. The molecule has 0 saturated heterocycles. The summed E-state index contributed by atoms with van der Waals surface area (Å²) in [6.45, 7) is 2.03. The molecule has 1 aliphatic rings. The van der Waals surface area contributed by atoms with E-state index in [4.69, 9.17) is 9.47 Å². The zero-order chi connectivity index (χ0) is 18.6. The summed E-state index contributed by atoms with van der Waals surface area (Å²) >= 11 is 0. The van der Waals surface area contributed by atoms with Gasteiger partial charge in [-0.3, -0.25) is 4.72 Å². The Bertz CT molecular complexity index is 841. The molecule has 0 bridgehead atoms. The van der Waals surface area contributed by atoms with E-state index < -0.39 is 10.0 Å². The molecule has 0 aromatic heterocycles. The Morgan fingerprint density at radius 1 is 1.04 bits per heavy atom. The van der Waals surface area contributed by atoms with Crippen LogP contribution in [-0.4, -0.2) is 21.6 Å². The maximum atomic E-state index is 12.6. The number of rotatable bonds is 7. The van der Waals surface area contributed by atoms with Crippen LogP contribution in [0.2, 0.25) is 0 Å². The predicted octanol–water partition coefficient (Wildman–Crippen LogP) is 4.38. The van der Waals surface area contributed by atoms with E-state index in [2.05, 4.69) is 4.72 Å². The molecule has 1 fully saturated rings. The van der Waals surface area contributed by atoms with Crippen LogP contribution in [0.1, 0.15) is 38.2 Å². The maximum absolute atomic E-state index is 12.6. The Morgan fingerprint density at radius 3 is 2.35 bits per heavy atom. The van der Waals surface area contributed by atoms with Gasteiger partial charge in [-0.15, -0.1) is 0 Å². The second-order valence-corrected chi connectivity index (χ2v) is 8.18. The largest absolute Gasteiger partial charge is 0.493 e. The minimum Gasteiger partial charge on any atom is -0.493 e. The fraction of sp³-hybridized carbons (Fsp3) is 0.400. The summed E-state index contributed by atoms with van der Waals surface area (Å²) in [6.07, 6.45) is 5.39. The third-order valence-electron chi connectivity index (χ3n) is 4.65. The average molecular weight is 375 g/mol. The van der Waals surface area contributed by atoms with Gasteiger partial charge in [0, 0.05) is 6.07 Å². The van der Waals surface area contributed by atoms with Crippen LogP contribution in [0.4, 0.5) is 5.69 Å². The van der Waals surface area contributed by atoms with Gasteiger partial charge in [-0.2, -0.15) is 0 Å². The van der Waals surface area contributed by atoms with Gasteiger partial charge in [-0.1, -0.05) is 19.1 Å². The molecule has 6 heteroatoms. The van der Waals surface area contributed by atoms with Crippen molar-refractivity contribution in [3.05, 3.63) is 48.0 Å². The molecule has 1 aliphatic carbocycles. The van der Waals surface area contributed by atoms with Crippen LogP contribution in [-0.2, 0) is 16.4 Å². The lowest BCUT2D eigenvalue weighted by Gasteiger charge is -2.17. The van der Waals surface area contributed by atoms with Crippen LogP contribution in [0.5, 0.6) is 11.5 Å². The maximum Gasteiger partial charge on any atom is 0.261 e. The number of methoxy groups -OCH3 is 1. The van der Waals surface area contributed by atoms with Gasteiger partial charge in [0.1, 0.15) is 0 Å². The van der Waals surface area contributed by atoms with Gasteiger partial charge in [0.05, 0.1) is 23.8 Å². The van der Waals surface area contributed by atoms with Gasteiger partial charge >= 0.3 is 0 Å². The summed E-state index contributed by atoms with van der Waals surface area (Å²) in [6, 6.07) is 12.0. The molecular formula is C20H25NO4S. The molecule has 0 heterocycles. The normalized spacial score (nSPS) is 15.0. The number of sulfonamides is 1. The highest BCUT2D eigenvalue weighted by Gasteiger charge is 2.20. The third kappa shape index (κ3) is 4.30. The lowest BCUT2D eigenvalue weighted by atomic mass is 10.2. The molecule has 1 N–H and O–H groups in total. The van der Waals surface area contributed by atoms with E-state index in [1.807, 2.05) is 19.1 Å². The molecule has 0 aliphatic heterocycles. The van der Waals surface area contributed by atoms with E-state index in [-0.39, 0.29) is 11.0 Å². The Kier molecular flexibility index (Phi) is 5.71. The van der Waals surface area contributed by atoms with Crippen LogP contribution < -0.4 is 14.2 Å². The lowest BCUT2D eigenvalue weighted by Crippen LogP contribution is -2.14. The SMILES string of the molecule is CCc1ccc(S(=O)(=O)Nc2ccc(OC)c(OC3CCCC3)c2)cc1. The Hall–Kier alpha value is -2.21. The summed E-state index contributed by atoms with van der Waals surface area (Å²) in [7, 11) is -2.07. The molecule has 0 unspecified atom stereocenters. The van der Waals surface area contributed by atoms with Crippen LogP contribution in [0, 0.1) is 0 Å². The molecule has 2 aromatic rings. The highest BCUT2D eigenvalue weighted by molar-refractivity contribution is 7.92. The van der Waals surface area contributed by atoms with Crippen LogP contribution in [0.25, 0.3) is 0 Å². The van der Waals surface area contributed by atoms with E-state index in [0.29, 0.717) is 17.2 Å². The minimum atomic E-state index is -3.65. The highest BCUT2D eigenvalue weighted by Crippen LogP contribution is 2.34. The minimum absolute atomic E-state index is 0.164. The summed E-state index contributed by atoms with van der Waals surface area (Å²) in [4.78, 5) is 0.240. The van der Waals surface area contributed by atoms with Crippen molar-refractivity contribution in [1.82, 2.24) is 0 Å². The van der Waals surface area contributed by atoms with Crippen LogP contribution >= 0.6 is 0 Å². The first kappa shape index (κ1) is 18.6. The molecular weight excluding hydrogens is 350 g/mol. The van der Waals surface area contributed by atoms with Crippen molar-refractivity contribution >= 4 is 15.7 Å². The van der Waals surface area contributed by atoms with Crippen molar-refractivity contribution in [3.63, 3.8) is 0 Å². The highest BCUT2D eigenvalue weighted by atomic mass is 32.2. The Labute approximate surface area is 155 Å². The zero-order valence-corrected chi connectivity index (χ0v) is 16.0. The number of anilines is 1. The van der Waals surface area contributed by atoms with Gasteiger partial charge in [0.25, 0.3) is 10.0 Å². The van der Waals surface area contributed by atoms with Crippen molar-refractivity contribution in [1.29, 1.82) is 0 Å². The average Bonchev–Trinajstić information content (AvgIpc) is 3.15. The van der Waals surface area contributed by atoms with Crippen molar-refractivity contribution in [2.75, 3.05) is 11.8 Å². The zero-order valence-electron chi connectivity index (χ0n) is 15.2. The van der Waals surface area contributed by atoms with Crippen LogP contribution in [0.15, 0.2) is 47.4 Å². The van der Waals surface area contributed by atoms with Gasteiger partial charge in [-0.25, -0.2) is 8.42 Å². The number of ether oxygens (including phenoxy) is 2. The Balaban J connectivity index is 1.81. The number of benzene rings is 2. The summed E-state index contributed by atoms with van der Waals surface area (Å²) < 4.78 is 39.3. The van der Waals surface area contributed by atoms with Crippen molar-refractivity contribution in [3.8, 4) is 11.5 Å². The number of nitrogens with one attached hydrogen (secondary N) is 1. The van der Waals surface area contributed by atoms with Crippen LogP contribution in [0.3, 0.4) is 0 Å². The second kappa shape index (κ2) is 7.99. The van der Waals surface area contributed by atoms with E-state index in [9.17, 15) is 8.42 Å². The van der Waals surface area contributed by atoms with Crippen molar-refractivity contribution in [2.45, 2.75) is 50.0 Å². The number of hydrogen-bond donors (Lipinski definition) is 1. The summed E-state index contributed by atoms with van der Waals surface area (Å²) in [5.74, 6) is 1.17. The first-order valence-corrected chi connectivity index (χ1v) is 10.5. The second-order valence-electron chi connectivity index (χ2n) is 6.49. The summed E-state index contributed by atoms with van der Waals surface area (Å²) in [5.41, 5.74) is 1.55. The van der Waals surface area contributed by atoms with Gasteiger partial charge in [0.15, 0.2) is 11.5 Å². The first-order valence-electron chi connectivity index (χ1n) is 8.98. The molecule has 3 rings (SSSR count). The predicted molar refractivity (Wildman–Crippen MR) is 103 cm³/mol. The monoisotopic (exact) mass is 375 g/mol.